The van der Waals surface area contributed by atoms with Gasteiger partial charge in [-0.3, -0.25) is 4.79 Å². The minimum atomic E-state index is -3.70. The first kappa shape index (κ1) is 14.4. The van der Waals surface area contributed by atoms with Crippen molar-refractivity contribution in [3.8, 4) is 0 Å². The van der Waals surface area contributed by atoms with Crippen LogP contribution in [0.15, 0.2) is 0 Å². The van der Waals surface area contributed by atoms with Gasteiger partial charge in [-0.25, -0.2) is 13.1 Å². The van der Waals surface area contributed by atoms with Crippen LogP contribution in [0.2, 0.25) is 0 Å². The average Bonchev–Trinajstić information content (AvgIpc) is 2.19. The summed E-state index contributed by atoms with van der Waals surface area (Å²) in [5.41, 5.74) is -0.0713. The zero-order valence-electron chi connectivity index (χ0n) is 10.3. The van der Waals surface area contributed by atoms with E-state index in [1.807, 2.05) is 14.0 Å². The van der Waals surface area contributed by atoms with E-state index < -0.39 is 21.7 Å². The highest BCUT2D eigenvalue weighted by Crippen LogP contribution is 2.29. The van der Waals surface area contributed by atoms with E-state index in [2.05, 4.69) is 9.62 Å². The molecular formula is C10H20N2O4S. The number of carboxylic acid groups (broad SMARTS) is 1. The molecule has 0 radical (unpaired) electrons. The number of hydrogen-bond donors (Lipinski definition) is 2. The Bertz CT molecular complexity index is 372. The predicted molar refractivity (Wildman–Crippen MR) is 64.3 cm³/mol. The summed E-state index contributed by atoms with van der Waals surface area (Å²) in [7, 11) is -1.66. The predicted octanol–water partition coefficient (Wildman–Crippen LogP) is -0.278. The normalized spacial score (nSPS) is 21.3. The van der Waals surface area contributed by atoms with Gasteiger partial charge in [0.15, 0.2) is 5.75 Å². The van der Waals surface area contributed by atoms with Crippen LogP contribution in [-0.2, 0) is 14.8 Å². The molecule has 6 nitrogen and oxygen atoms in total. The van der Waals surface area contributed by atoms with Crippen molar-refractivity contribution in [1.82, 2.24) is 9.62 Å². The Kier molecular flexibility index (Phi) is 4.51. The summed E-state index contributed by atoms with van der Waals surface area (Å²) in [6.45, 7) is 4.23. The molecule has 0 bridgehead atoms. The zero-order chi connectivity index (χ0) is 13.1. The molecule has 100 valence electrons. The van der Waals surface area contributed by atoms with Gasteiger partial charge in [-0.1, -0.05) is 6.92 Å². The number of piperidine rings is 1. The van der Waals surface area contributed by atoms with Crippen molar-refractivity contribution in [3.05, 3.63) is 0 Å². The summed E-state index contributed by atoms with van der Waals surface area (Å²) >= 11 is 0. The van der Waals surface area contributed by atoms with Gasteiger partial charge in [0.05, 0.1) is 0 Å². The molecule has 1 aliphatic rings. The molecule has 0 unspecified atom stereocenters. The second kappa shape index (κ2) is 5.32. The highest BCUT2D eigenvalue weighted by atomic mass is 32.2. The Morgan fingerprint density at radius 3 is 2.41 bits per heavy atom. The number of hydrogen-bond acceptors (Lipinski definition) is 4. The number of likely N-dealkylation sites (tertiary alicyclic amines) is 1. The number of rotatable bonds is 5. The lowest BCUT2D eigenvalue weighted by Gasteiger charge is -2.37. The van der Waals surface area contributed by atoms with Gasteiger partial charge in [0.25, 0.3) is 0 Å². The van der Waals surface area contributed by atoms with Crippen LogP contribution in [0.4, 0.5) is 0 Å². The maximum atomic E-state index is 11.4. The monoisotopic (exact) mass is 264 g/mol. The average molecular weight is 264 g/mol. The first-order chi connectivity index (χ1) is 7.72. The van der Waals surface area contributed by atoms with Crippen LogP contribution in [0, 0.1) is 5.41 Å². The van der Waals surface area contributed by atoms with Crippen LogP contribution in [-0.4, -0.2) is 56.8 Å². The van der Waals surface area contributed by atoms with E-state index in [-0.39, 0.29) is 5.41 Å². The largest absolute Gasteiger partial charge is 0.480 e. The van der Waals surface area contributed by atoms with Gasteiger partial charge < -0.3 is 10.0 Å². The highest BCUT2D eigenvalue weighted by molar-refractivity contribution is 7.90. The van der Waals surface area contributed by atoms with Crippen molar-refractivity contribution in [2.45, 2.75) is 19.8 Å². The van der Waals surface area contributed by atoms with E-state index in [9.17, 15) is 13.2 Å². The fourth-order valence-corrected chi connectivity index (χ4v) is 2.83. The van der Waals surface area contributed by atoms with Crippen molar-refractivity contribution in [2.75, 3.05) is 32.4 Å². The standard InChI is InChI=1S/C10H20N2O4S/c1-10(3-5-12(2)6-4-10)8-11-17(15,16)7-9(13)14/h11H,3-8H2,1-2H3,(H,13,14). The molecule has 0 aliphatic carbocycles. The maximum Gasteiger partial charge on any atom is 0.320 e. The van der Waals surface area contributed by atoms with Crippen LogP contribution >= 0.6 is 0 Å². The van der Waals surface area contributed by atoms with E-state index in [1.54, 1.807) is 0 Å². The first-order valence-corrected chi connectivity index (χ1v) is 7.25. The van der Waals surface area contributed by atoms with E-state index in [1.165, 1.54) is 0 Å². The third-order valence-electron chi connectivity index (χ3n) is 3.23. The Hall–Kier alpha value is -0.660. The molecule has 0 saturated carbocycles. The number of nitrogens with one attached hydrogen (secondary N) is 1. The fraction of sp³-hybridized carbons (Fsp3) is 0.900. The second-order valence-electron chi connectivity index (χ2n) is 5.09. The van der Waals surface area contributed by atoms with Crippen LogP contribution < -0.4 is 4.72 Å². The van der Waals surface area contributed by atoms with E-state index in [0.29, 0.717) is 6.54 Å². The summed E-state index contributed by atoms with van der Waals surface area (Å²) in [5, 5.41) is 8.46. The molecule has 17 heavy (non-hydrogen) atoms. The Morgan fingerprint density at radius 2 is 1.94 bits per heavy atom. The van der Waals surface area contributed by atoms with Gasteiger partial charge in [0, 0.05) is 6.54 Å². The third-order valence-corrected chi connectivity index (χ3v) is 4.44. The van der Waals surface area contributed by atoms with Gasteiger partial charge in [0.1, 0.15) is 0 Å². The van der Waals surface area contributed by atoms with Crippen LogP contribution in [0.5, 0.6) is 0 Å². The van der Waals surface area contributed by atoms with Crippen LogP contribution in [0.1, 0.15) is 19.8 Å². The van der Waals surface area contributed by atoms with Crippen molar-refractivity contribution in [3.63, 3.8) is 0 Å². The minimum absolute atomic E-state index is 0.0713. The first-order valence-electron chi connectivity index (χ1n) is 5.60. The number of nitrogens with zero attached hydrogens (tertiary/aromatic N) is 1. The molecule has 0 aromatic carbocycles. The summed E-state index contributed by atoms with van der Waals surface area (Å²) in [5.74, 6) is -2.19. The van der Waals surface area contributed by atoms with E-state index in [4.69, 9.17) is 5.11 Å². The SMILES string of the molecule is CN1CCC(C)(CNS(=O)(=O)CC(=O)O)CC1. The molecule has 0 amide bonds. The lowest BCUT2D eigenvalue weighted by Crippen LogP contribution is -2.44. The smallest absolute Gasteiger partial charge is 0.320 e. The zero-order valence-corrected chi connectivity index (χ0v) is 11.1. The molecule has 0 aromatic rings. The molecule has 7 heteroatoms. The molecular weight excluding hydrogens is 244 g/mol. The topological polar surface area (TPSA) is 86.7 Å². The lowest BCUT2D eigenvalue weighted by atomic mass is 9.81. The van der Waals surface area contributed by atoms with Gasteiger partial charge in [0.2, 0.25) is 10.0 Å². The maximum absolute atomic E-state index is 11.4. The summed E-state index contributed by atoms with van der Waals surface area (Å²) in [6.07, 6.45) is 1.83. The summed E-state index contributed by atoms with van der Waals surface area (Å²) in [4.78, 5) is 12.6. The molecule has 0 aromatic heterocycles. The van der Waals surface area contributed by atoms with Crippen molar-refractivity contribution >= 4 is 16.0 Å². The molecule has 1 fully saturated rings. The second-order valence-corrected chi connectivity index (χ2v) is 6.89. The van der Waals surface area contributed by atoms with E-state index >= 15 is 0 Å². The fourth-order valence-electron chi connectivity index (χ4n) is 1.83. The molecule has 1 rings (SSSR count). The van der Waals surface area contributed by atoms with Gasteiger partial charge >= 0.3 is 5.97 Å². The molecule has 2 N–H and O–H groups in total. The van der Waals surface area contributed by atoms with Gasteiger partial charge in [-0.05, 0) is 38.4 Å². The molecule has 1 heterocycles. The Labute approximate surface area is 102 Å². The number of aliphatic carboxylic acids is 1. The number of sulfonamides is 1. The van der Waals surface area contributed by atoms with Crippen molar-refractivity contribution in [2.24, 2.45) is 5.41 Å². The van der Waals surface area contributed by atoms with E-state index in [0.717, 1.165) is 25.9 Å². The van der Waals surface area contributed by atoms with Gasteiger partial charge in [-0.15, -0.1) is 0 Å². The minimum Gasteiger partial charge on any atom is -0.480 e. The quantitative estimate of drug-likeness (QED) is 0.713. The van der Waals surface area contributed by atoms with Crippen molar-refractivity contribution in [1.29, 1.82) is 0 Å². The molecule has 1 saturated heterocycles. The lowest BCUT2D eigenvalue weighted by molar-refractivity contribution is -0.134. The Balaban J connectivity index is 2.47. The molecule has 0 spiro atoms. The Morgan fingerprint density at radius 1 is 1.41 bits per heavy atom. The number of carboxylic acids is 1. The summed E-state index contributed by atoms with van der Waals surface area (Å²) in [6, 6.07) is 0. The van der Waals surface area contributed by atoms with Gasteiger partial charge in [-0.2, -0.15) is 0 Å². The third kappa shape index (κ3) is 5.01. The number of carbonyl (C=O) groups is 1. The molecule has 0 atom stereocenters. The van der Waals surface area contributed by atoms with Crippen molar-refractivity contribution < 1.29 is 18.3 Å². The van der Waals surface area contributed by atoms with Crippen LogP contribution in [0.3, 0.4) is 0 Å². The highest BCUT2D eigenvalue weighted by Gasteiger charge is 2.30. The van der Waals surface area contributed by atoms with Crippen LogP contribution in [0.25, 0.3) is 0 Å². The summed E-state index contributed by atoms with van der Waals surface area (Å²) < 4.78 is 25.2. The molecule has 1 aliphatic heterocycles.